The van der Waals surface area contributed by atoms with Gasteiger partial charge in [-0.1, -0.05) is 51.3 Å². The average molecular weight is 471 g/mol. The van der Waals surface area contributed by atoms with E-state index in [0.717, 1.165) is 0 Å². The molecule has 1 N–H and O–H groups in total. The topological polar surface area (TPSA) is 72.5 Å². The highest BCUT2D eigenvalue weighted by molar-refractivity contribution is 9.10. The molecule has 0 saturated carbocycles. The highest BCUT2D eigenvalue weighted by atomic mass is 79.9. The zero-order valence-electron chi connectivity index (χ0n) is 12.4. The zero-order chi connectivity index (χ0) is 18.6. The van der Waals surface area contributed by atoms with E-state index in [9.17, 15) is 17.6 Å². The number of carbonyl (C=O) groups is 1. The van der Waals surface area contributed by atoms with Gasteiger partial charge in [-0.3, -0.25) is 4.79 Å². The van der Waals surface area contributed by atoms with Crippen LogP contribution in [0.4, 0.5) is 4.39 Å². The molecule has 5 nitrogen and oxygen atoms in total. The molecule has 0 aliphatic rings. The molecule has 0 radical (unpaired) electrons. The lowest BCUT2D eigenvalue weighted by Crippen LogP contribution is -2.31. The van der Waals surface area contributed by atoms with Crippen LogP contribution in [-0.2, 0) is 26.2 Å². The van der Waals surface area contributed by atoms with E-state index in [-0.39, 0.29) is 21.5 Å². The van der Waals surface area contributed by atoms with Crippen molar-refractivity contribution < 1.29 is 22.3 Å². The van der Waals surface area contributed by atoms with E-state index < -0.39 is 28.4 Å². The van der Waals surface area contributed by atoms with Gasteiger partial charge in [-0.2, -0.15) is 4.72 Å². The summed E-state index contributed by atoms with van der Waals surface area (Å²) < 4.78 is 44.8. The minimum atomic E-state index is -4.11. The summed E-state index contributed by atoms with van der Waals surface area (Å²) in [5.74, 6) is -1.22. The van der Waals surface area contributed by atoms with Gasteiger partial charge in [0.25, 0.3) is 0 Å². The van der Waals surface area contributed by atoms with Crippen molar-refractivity contribution in [1.29, 1.82) is 0 Å². The number of rotatable bonds is 6. The third kappa shape index (κ3) is 5.65. The van der Waals surface area contributed by atoms with Crippen LogP contribution in [0.3, 0.4) is 0 Å². The average Bonchev–Trinajstić information content (AvgIpc) is 2.51. The Bertz CT molecular complexity index is 868. The standard InChI is InChI=1S/C15H11BrCl2FNO4S/c16-10-5-12(17)15(13(18)6-10)25(22,23)20-7-14(21)24-8-9-1-3-11(19)4-2-9/h1-6,20H,7-8H2. The first-order valence-electron chi connectivity index (χ1n) is 6.73. The Hall–Kier alpha value is -1.19. The van der Waals surface area contributed by atoms with E-state index in [4.69, 9.17) is 27.9 Å². The minimum absolute atomic E-state index is 0.0912. The van der Waals surface area contributed by atoms with Crippen molar-refractivity contribution in [2.45, 2.75) is 11.5 Å². The van der Waals surface area contributed by atoms with Crippen LogP contribution in [0, 0.1) is 5.82 Å². The normalized spacial score (nSPS) is 11.4. The molecule has 0 saturated heterocycles. The summed E-state index contributed by atoms with van der Waals surface area (Å²) in [5.41, 5.74) is 0.566. The molecule has 0 bridgehead atoms. The van der Waals surface area contributed by atoms with Crippen LogP contribution in [0.15, 0.2) is 45.8 Å². The third-order valence-corrected chi connectivity index (χ3v) is 5.73. The number of benzene rings is 2. The van der Waals surface area contributed by atoms with Crippen molar-refractivity contribution in [2.24, 2.45) is 0 Å². The molecule has 0 aliphatic carbocycles. The van der Waals surface area contributed by atoms with Gasteiger partial charge in [-0.25, -0.2) is 12.8 Å². The molecule has 0 spiro atoms. The Labute approximate surface area is 162 Å². The van der Waals surface area contributed by atoms with Gasteiger partial charge in [0.15, 0.2) is 0 Å². The maximum absolute atomic E-state index is 12.8. The molecule has 0 aliphatic heterocycles. The van der Waals surface area contributed by atoms with Crippen molar-refractivity contribution in [2.75, 3.05) is 6.54 Å². The van der Waals surface area contributed by atoms with Crippen molar-refractivity contribution in [3.8, 4) is 0 Å². The predicted molar refractivity (Wildman–Crippen MR) is 95.5 cm³/mol. The van der Waals surface area contributed by atoms with Crippen molar-refractivity contribution in [3.05, 3.63) is 62.3 Å². The molecule has 2 rings (SSSR count). The van der Waals surface area contributed by atoms with E-state index in [2.05, 4.69) is 20.7 Å². The van der Waals surface area contributed by atoms with Crippen LogP contribution in [0.5, 0.6) is 0 Å². The summed E-state index contributed by atoms with van der Waals surface area (Å²) in [4.78, 5) is 11.4. The SMILES string of the molecule is O=C(CNS(=O)(=O)c1c(Cl)cc(Br)cc1Cl)OCc1ccc(F)cc1. The molecule has 0 unspecified atom stereocenters. The van der Waals surface area contributed by atoms with Gasteiger partial charge in [-0.15, -0.1) is 0 Å². The van der Waals surface area contributed by atoms with Gasteiger partial charge in [0.1, 0.15) is 23.9 Å². The van der Waals surface area contributed by atoms with Gasteiger partial charge >= 0.3 is 5.97 Å². The van der Waals surface area contributed by atoms with E-state index >= 15 is 0 Å². The quantitative estimate of drug-likeness (QED) is 0.649. The summed E-state index contributed by atoms with van der Waals surface area (Å²) in [6.07, 6.45) is 0. The molecular formula is C15H11BrCl2FNO4S. The number of hydrogen-bond acceptors (Lipinski definition) is 4. The lowest BCUT2D eigenvalue weighted by molar-refractivity contribution is -0.143. The van der Waals surface area contributed by atoms with Gasteiger partial charge in [0.05, 0.1) is 10.0 Å². The van der Waals surface area contributed by atoms with Crippen LogP contribution in [0.2, 0.25) is 10.0 Å². The Balaban J connectivity index is 1.97. The minimum Gasteiger partial charge on any atom is -0.460 e. The molecule has 0 amide bonds. The number of nitrogens with one attached hydrogen (secondary N) is 1. The fourth-order valence-electron chi connectivity index (χ4n) is 1.81. The number of halogens is 4. The summed E-state index contributed by atoms with van der Waals surface area (Å²) in [6.45, 7) is -0.715. The summed E-state index contributed by atoms with van der Waals surface area (Å²) >= 11 is 15.0. The van der Waals surface area contributed by atoms with E-state index in [1.54, 1.807) is 0 Å². The van der Waals surface area contributed by atoms with E-state index in [1.165, 1.54) is 36.4 Å². The van der Waals surface area contributed by atoms with Crippen LogP contribution < -0.4 is 4.72 Å². The fraction of sp³-hybridized carbons (Fsp3) is 0.133. The molecule has 2 aromatic rings. The largest absolute Gasteiger partial charge is 0.460 e. The van der Waals surface area contributed by atoms with E-state index in [0.29, 0.717) is 10.0 Å². The second-order valence-electron chi connectivity index (χ2n) is 4.81. The first-order valence-corrected chi connectivity index (χ1v) is 9.76. The number of ether oxygens (including phenoxy) is 1. The van der Waals surface area contributed by atoms with Crippen LogP contribution in [-0.4, -0.2) is 20.9 Å². The highest BCUT2D eigenvalue weighted by Crippen LogP contribution is 2.32. The summed E-state index contributed by atoms with van der Waals surface area (Å²) in [6, 6.07) is 8.10. The number of carbonyl (C=O) groups excluding carboxylic acids is 1. The van der Waals surface area contributed by atoms with Crippen LogP contribution in [0.1, 0.15) is 5.56 Å². The number of hydrogen-bond donors (Lipinski definition) is 1. The van der Waals surface area contributed by atoms with Crippen molar-refractivity contribution in [3.63, 3.8) is 0 Å². The number of sulfonamides is 1. The molecule has 0 atom stereocenters. The zero-order valence-corrected chi connectivity index (χ0v) is 16.3. The molecule has 0 aromatic heterocycles. The van der Waals surface area contributed by atoms with Crippen molar-refractivity contribution >= 4 is 55.1 Å². The lowest BCUT2D eigenvalue weighted by Gasteiger charge is -2.10. The first kappa shape index (κ1) is 20.1. The molecule has 25 heavy (non-hydrogen) atoms. The Morgan fingerprint density at radius 2 is 1.72 bits per heavy atom. The third-order valence-electron chi connectivity index (χ3n) is 2.95. The molecule has 0 fully saturated rings. The van der Waals surface area contributed by atoms with E-state index in [1.807, 2.05) is 0 Å². The lowest BCUT2D eigenvalue weighted by atomic mass is 10.2. The Morgan fingerprint density at radius 1 is 1.16 bits per heavy atom. The van der Waals surface area contributed by atoms with Gasteiger partial charge in [0.2, 0.25) is 10.0 Å². The summed E-state index contributed by atoms with van der Waals surface area (Å²) in [5, 5.41) is -0.182. The van der Waals surface area contributed by atoms with Gasteiger partial charge in [0, 0.05) is 4.47 Å². The van der Waals surface area contributed by atoms with Gasteiger partial charge < -0.3 is 4.74 Å². The molecular weight excluding hydrogens is 460 g/mol. The van der Waals surface area contributed by atoms with Crippen LogP contribution >= 0.6 is 39.1 Å². The second kappa shape index (κ2) is 8.46. The molecule has 2 aromatic carbocycles. The van der Waals surface area contributed by atoms with Crippen molar-refractivity contribution in [1.82, 2.24) is 4.72 Å². The number of esters is 1. The molecule has 0 heterocycles. The van der Waals surface area contributed by atoms with Gasteiger partial charge in [-0.05, 0) is 29.8 Å². The fourth-order valence-corrected chi connectivity index (χ4v) is 4.71. The Kier molecular flexibility index (Phi) is 6.81. The maximum atomic E-state index is 12.8. The molecule has 134 valence electrons. The second-order valence-corrected chi connectivity index (χ2v) is 8.24. The van der Waals surface area contributed by atoms with Crippen LogP contribution in [0.25, 0.3) is 0 Å². The first-order chi connectivity index (χ1) is 11.7. The molecule has 10 heteroatoms. The Morgan fingerprint density at radius 3 is 2.28 bits per heavy atom. The maximum Gasteiger partial charge on any atom is 0.321 e. The monoisotopic (exact) mass is 469 g/mol. The highest BCUT2D eigenvalue weighted by Gasteiger charge is 2.23. The predicted octanol–water partition coefficient (Wildman–Crippen LogP) is 3.92. The smallest absolute Gasteiger partial charge is 0.321 e. The summed E-state index contributed by atoms with van der Waals surface area (Å²) in [7, 11) is -4.11.